The summed E-state index contributed by atoms with van der Waals surface area (Å²) in [5, 5.41) is 3.12. The summed E-state index contributed by atoms with van der Waals surface area (Å²) in [6.07, 6.45) is 3.10. The summed E-state index contributed by atoms with van der Waals surface area (Å²) in [6, 6.07) is 0.246. The van der Waals surface area contributed by atoms with Gasteiger partial charge in [-0.15, -0.1) is 11.3 Å². The average molecular weight is 196 g/mol. The zero-order valence-corrected chi connectivity index (χ0v) is 8.38. The number of rotatable bonds is 2. The highest BCUT2D eigenvalue weighted by atomic mass is 32.1. The Morgan fingerprint density at radius 1 is 1.77 bits per heavy atom. The molecule has 70 valence electrons. The fraction of sp³-hybridized carbons (Fsp3) is 0.556. The number of carbonyl (C=O) groups is 1. The highest BCUT2D eigenvalue weighted by Crippen LogP contribution is 2.32. The molecular weight excluding hydrogens is 184 g/mol. The predicted octanol–water partition coefficient (Wildman–Crippen LogP) is 1.74. The number of thiazole rings is 1. The molecule has 4 heteroatoms. The van der Waals surface area contributed by atoms with Crippen LogP contribution >= 0.6 is 11.3 Å². The van der Waals surface area contributed by atoms with Gasteiger partial charge in [-0.1, -0.05) is 0 Å². The first-order valence-corrected chi connectivity index (χ1v) is 5.32. The van der Waals surface area contributed by atoms with Crippen molar-refractivity contribution in [2.75, 3.05) is 6.54 Å². The second-order valence-corrected chi connectivity index (χ2v) is 4.22. The van der Waals surface area contributed by atoms with E-state index in [2.05, 4.69) is 4.98 Å². The number of aromatic nitrogens is 1. The largest absolute Gasteiger partial charge is 0.336 e. The van der Waals surface area contributed by atoms with Gasteiger partial charge in [0.1, 0.15) is 5.01 Å². The molecule has 1 fully saturated rings. The number of nitrogens with zero attached hydrogens (tertiary/aromatic N) is 2. The fourth-order valence-corrected chi connectivity index (χ4v) is 2.66. The van der Waals surface area contributed by atoms with Gasteiger partial charge in [-0.3, -0.25) is 4.79 Å². The van der Waals surface area contributed by atoms with Crippen molar-refractivity contribution >= 4 is 17.7 Å². The van der Waals surface area contributed by atoms with Crippen LogP contribution in [0.1, 0.15) is 29.6 Å². The molecule has 0 N–H and O–H groups in total. The third-order valence-corrected chi connectivity index (χ3v) is 3.42. The Labute approximate surface area is 81.4 Å². The monoisotopic (exact) mass is 196 g/mol. The van der Waals surface area contributed by atoms with Gasteiger partial charge in [-0.25, -0.2) is 4.98 Å². The standard InChI is InChI=1S/C9H12N2OS/c1-7-5-13-9(10-7)8-3-2-4-11(8)6-12/h5-6,8H,2-4H2,1H3. The minimum absolute atomic E-state index is 0.246. The Morgan fingerprint density at radius 3 is 3.23 bits per heavy atom. The van der Waals surface area contributed by atoms with Crippen molar-refractivity contribution in [3.63, 3.8) is 0 Å². The fourth-order valence-electron chi connectivity index (χ4n) is 1.71. The first-order chi connectivity index (χ1) is 6.31. The minimum atomic E-state index is 0.246. The van der Waals surface area contributed by atoms with Crippen LogP contribution < -0.4 is 0 Å². The zero-order valence-electron chi connectivity index (χ0n) is 7.56. The van der Waals surface area contributed by atoms with E-state index in [0.717, 1.165) is 36.5 Å². The Hall–Kier alpha value is -0.900. The number of likely N-dealkylation sites (tertiary alicyclic amines) is 1. The molecule has 0 aliphatic carbocycles. The van der Waals surface area contributed by atoms with Gasteiger partial charge in [0.2, 0.25) is 6.41 Å². The lowest BCUT2D eigenvalue weighted by atomic mass is 10.2. The van der Waals surface area contributed by atoms with Gasteiger partial charge >= 0.3 is 0 Å². The third kappa shape index (κ3) is 1.58. The van der Waals surface area contributed by atoms with E-state index < -0.39 is 0 Å². The smallest absolute Gasteiger partial charge is 0.210 e. The number of hydrogen-bond acceptors (Lipinski definition) is 3. The molecule has 0 spiro atoms. The molecule has 1 amide bonds. The van der Waals surface area contributed by atoms with Crippen LogP contribution in [-0.2, 0) is 4.79 Å². The first-order valence-electron chi connectivity index (χ1n) is 4.44. The summed E-state index contributed by atoms with van der Waals surface area (Å²) < 4.78 is 0. The summed E-state index contributed by atoms with van der Waals surface area (Å²) in [6.45, 7) is 2.87. The van der Waals surface area contributed by atoms with Gasteiger partial charge in [-0.05, 0) is 19.8 Å². The Kier molecular flexibility index (Phi) is 2.31. The molecule has 1 aliphatic rings. The van der Waals surface area contributed by atoms with E-state index in [1.54, 1.807) is 11.3 Å². The second-order valence-electron chi connectivity index (χ2n) is 3.33. The molecule has 0 saturated carbocycles. The van der Waals surface area contributed by atoms with Crippen molar-refractivity contribution in [2.45, 2.75) is 25.8 Å². The molecule has 3 nitrogen and oxygen atoms in total. The number of amides is 1. The minimum Gasteiger partial charge on any atom is -0.336 e. The van der Waals surface area contributed by atoms with Gasteiger partial charge in [-0.2, -0.15) is 0 Å². The van der Waals surface area contributed by atoms with Crippen molar-refractivity contribution < 1.29 is 4.79 Å². The molecule has 0 aromatic carbocycles. The molecule has 2 heterocycles. The Balaban J connectivity index is 2.20. The lowest BCUT2D eigenvalue weighted by Crippen LogP contribution is -2.20. The summed E-state index contributed by atoms with van der Waals surface area (Å²) in [4.78, 5) is 17.0. The molecule has 1 aromatic heterocycles. The molecule has 1 aromatic rings. The molecule has 0 radical (unpaired) electrons. The van der Waals surface area contributed by atoms with E-state index in [-0.39, 0.29) is 6.04 Å². The maximum atomic E-state index is 10.7. The molecule has 2 rings (SSSR count). The molecule has 1 unspecified atom stereocenters. The Bertz CT molecular complexity index is 310. The van der Waals surface area contributed by atoms with E-state index in [1.165, 1.54) is 0 Å². The Morgan fingerprint density at radius 2 is 2.62 bits per heavy atom. The van der Waals surface area contributed by atoms with E-state index >= 15 is 0 Å². The first kappa shape index (κ1) is 8.69. The topological polar surface area (TPSA) is 33.2 Å². The lowest BCUT2D eigenvalue weighted by molar-refractivity contribution is -0.118. The molecule has 1 aliphatic heterocycles. The average Bonchev–Trinajstić information content (AvgIpc) is 2.71. The van der Waals surface area contributed by atoms with Crippen LogP contribution in [0.3, 0.4) is 0 Å². The van der Waals surface area contributed by atoms with E-state index in [9.17, 15) is 4.79 Å². The molecule has 1 saturated heterocycles. The highest BCUT2D eigenvalue weighted by molar-refractivity contribution is 7.09. The summed E-state index contributed by atoms with van der Waals surface area (Å²) in [5.41, 5.74) is 1.05. The third-order valence-electron chi connectivity index (χ3n) is 2.35. The lowest BCUT2D eigenvalue weighted by Gasteiger charge is -2.16. The highest BCUT2D eigenvalue weighted by Gasteiger charge is 2.26. The van der Waals surface area contributed by atoms with Gasteiger partial charge in [0.25, 0.3) is 0 Å². The quantitative estimate of drug-likeness (QED) is 0.675. The van der Waals surface area contributed by atoms with Crippen molar-refractivity contribution in [3.05, 3.63) is 16.1 Å². The van der Waals surface area contributed by atoms with E-state index in [4.69, 9.17) is 0 Å². The van der Waals surface area contributed by atoms with Gasteiger partial charge < -0.3 is 4.90 Å². The normalized spacial score (nSPS) is 22.2. The van der Waals surface area contributed by atoms with Gasteiger partial charge in [0, 0.05) is 17.6 Å². The van der Waals surface area contributed by atoms with Crippen LogP contribution in [0.15, 0.2) is 5.38 Å². The summed E-state index contributed by atoms with van der Waals surface area (Å²) >= 11 is 1.65. The maximum absolute atomic E-state index is 10.7. The van der Waals surface area contributed by atoms with Crippen molar-refractivity contribution in [2.24, 2.45) is 0 Å². The van der Waals surface area contributed by atoms with E-state index in [0.29, 0.717) is 0 Å². The molecular formula is C9H12N2OS. The zero-order chi connectivity index (χ0) is 9.26. The second kappa shape index (κ2) is 3.46. The van der Waals surface area contributed by atoms with Crippen LogP contribution in [0.4, 0.5) is 0 Å². The molecule has 1 atom stereocenters. The molecule has 0 bridgehead atoms. The van der Waals surface area contributed by atoms with Crippen molar-refractivity contribution in [1.29, 1.82) is 0 Å². The number of hydrogen-bond donors (Lipinski definition) is 0. The SMILES string of the molecule is Cc1csc(C2CCCN2C=O)n1. The maximum Gasteiger partial charge on any atom is 0.210 e. The van der Waals surface area contributed by atoms with E-state index in [1.807, 2.05) is 17.2 Å². The van der Waals surface area contributed by atoms with Crippen LogP contribution in [-0.4, -0.2) is 22.8 Å². The van der Waals surface area contributed by atoms with Gasteiger partial charge in [0.15, 0.2) is 0 Å². The van der Waals surface area contributed by atoms with Gasteiger partial charge in [0.05, 0.1) is 6.04 Å². The summed E-state index contributed by atoms with van der Waals surface area (Å²) in [7, 11) is 0. The van der Waals surface area contributed by atoms with Crippen molar-refractivity contribution in [3.8, 4) is 0 Å². The predicted molar refractivity (Wildman–Crippen MR) is 51.6 cm³/mol. The van der Waals surface area contributed by atoms with Crippen LogP contribution in [0.25, 0.3) is 0 Å². The van der Waals surface area contributed by atoms with Crippen LogP contribution in [0.5, 0.6) is 0 Å². The van der Waals surface area contributed by atoms with Crippen LogP contribution in [0, 0.1) is 6.92 Å². The molecule has 13 heavy (non-hydrogen) atoms. The van der Waals surface area contributed by atoms with Crippen LogP contribution in [0.2, 0.25) is 0 Å². The number of carbonyl (C=O) groups excluding carboxylic acids is 1. The summed E-state index contributed by atoms with van der Waals surface area (Å²) in [5.74, 6) is 0. The van der Waals surface area contributed by atoms with Crippen molar-refractivity contribution in [1.82, 2.24) is 9.88 Å². The number of aryl methyl sites for hydroxylation is 1.